The second kappa shape index (κ2) is 9.39. The summed E-state index contributed by atoms with van der Waals surface area (Å²) in [6.45, 7) is 0. The van der Waals surface area contributed by atoms with Gasteiger partial charge in [0.05, 0.1) is 10.6 Å². The molecule has 33 heavy (non-hydrogen) atoms. The molecule has 0 aliphatic heterocycles. The third-order valence-corrected chi connectivity index (χ3v) is 6.65. The van der Waals surface area contributed by atoms with Gasteiger partial charge in [0.1, 0.15) is 0 Å². The monoisotopic (exact) mass is 485 g/mol. The lowest BCUT2D eigenvalue weighted by atomic mass is 10.1. The topological polar surface area (TPSA) is 87.3 Å². The van der Waals surface area contributed by atoms with Gasteiger partial charge in [-0.1, -0.05) is 24.3 Å². The number of hydrogen-bond donors (Lipinski definition) is 3. The Hall–Kier alpha value is -3.76. The lowest BCUT2D eigenvalue weighted by Crippen LogP contribution is -2.20. The van der Waals surface area contributed by atoms with Crippen molar-refractivity contribution in [3.05, 3.63) is 95.2 Å². The Bertz CT molecular complexity index is 1390. The normalized spacial score (nSPS) is 11.1. The number of sulfonamides is 1. The molecule has 0 saturated carbocycles. The average Bonchev–Trinajstić information content (AvgIpc) is 3.31. The summed E-state index contributed by atoms with van der Waals surface area (Å²) in [5, 5.41) is 8.71. The molecule has 168 valence electrons. The zero-order valence-electron chi connectivity index (χ0n) is 16.9. The van der Waals surface area contributed by atoms with Gasteiger partial charge in [-0.25, -0.2) is 22.0 Å². The fourth-order valence-electron chi connectivity index (χ4n) is 3.04. The summed E-state index contributed by atoms with van der Waals surface area (Å²) in [5.74, 6) is -2.14. The quantitative estimate of drug-likeness (QED) is 0.307. The summed E-state index contributed by atoms with van der Waals surface area (Å²) in [4.78, 5) is 12.5. The minimum absolute atomic E-state index is 0.0398. The van der Waals surface area contributed by atoms with Crippen LogP contribution in [-0.4, -0.2) is 14.4 Å². The van der Waals surface area contributed by atoms with Gasteiger partial charge in [0.15, 0.2) is 11.6 Å². The number of halogens is 2. The Balaban J connectivity index is 1.64. The van der Waals surface area contributed by atoms with Gasteiger partial charge < -0.3 is 10.6 Å². The predicted molar refractivity (Wildman–Crippen MR) is 126 cm³/mol. The third-order valence-electron chi connectivity index (χ3n) is 4.59. The number of thiophene rings is 1. The van der Waals surface area contributed by atoms with Crippen LogP contribution in [0.1, 0.15) is 0 Å². The molecular formula is C23H17F2N3O3S2. The van der Waals surface area contributed by atoms with Crippen molar-refractivity contribution in [2.45, 2.75) is 4.90 Å². The molecule has 0 aliphatic carbocycles. The Kier molecular flexibility index (Phi) is 6.38. The first-order chi connectivity index (χ1) is 15.8. The number of nitrogens with one attached hydrogen (secondary N) is 3. The number of hydrogen-bond acceptors (Lipinski definition) is 4. The molecular weight excluding hydrogens is 468 g/mol. The second-order valence-corrected chi connectivity index (χ2v) is 9.36. The first-order valence-electron chi connectivity index (χ1n) is 9.59. The van der Waals surface area contributed by atoms with E-state index in [1.807, 2.05) is 16.8 Å². The highest BCUT2D eigenvalue weighted by Crippen LogP contribution is 2.32. The van der Waals surface area contributed by atoms with E-state index in [0.29, 0.717) is 11.3 Å². The summed E-state index contributed by atoms with van der Waals surface area (Å²) in [7, 11) is -3.94. The van der Waals surface area contributed by atoms with E-state index in [4.69, 9.17) is 0 Å². The van der Waals surface area contributed by atoms with Crippen molar-refractivity contribution in [3.8, 4) is 11.1 Å². The van der Waals surface area contributed by atoms with E-state index in [1.54, 1.807) is 36.4 Å². The third kappa shape index (κ3) is 5.36. The fraction of sp³-hybridized carbons (Fsp3) is 0. The Morgan fingerprint density at radius 1 is 0.818 bits per heavy atom. The molecule has 0 fully saturated rings. The van der Waals surface area contributed by atoms with Gasteiger partial charge in [-0.3, -0.25) is 4.72 Å². The van der Waals surface area contributed by atoms with Crippen LogP contribution in [0, 0.1) is 11.6 Å². The maximum absolute atomic E-state index is 13.5. The van der Waals surface area contributed by atoms with Crippen molar-refractivity contribution in [2.75, 3.05) is 15.4 Å². The van der Waals surface area contributed by atoms with E-state index in [2.05, 4.69) is 15.4 Å². The van der Waals surface area contributed by atoms with Crippen molar-refractivity contribution < 1.29 is 22.0 Å². The number of carbonyl (C=O) groups excluding carboxylic acids is 1. The van der Waals surface area contributed by atoms with E-state index in [0.717, 1.165) is 17.7 Å². The Labute approximate surface area is 193 Å². The number of urea groups is 1. The molecule has 3 N–H and O–H groups in total. The molecule has 0 atom stereocenters. The minimum Gasteiger partial charge on any atom is -0.308 e. The largest absolute Gasteiger partial charge is 0.323 e. The lowest BCUT2D eigenvalue weighted by Gasteiger charge is -2.14. The maximum atomic E-state index is 13.5. The van der Waals surface area contributed by atoms with Crippen LogP contribution in [0.3, 0.4) is 0 Å². The Morgan fingerprint density at radius 3 is 2.30 bits per heavy atom. The van der Waals surface area contributed by atoms with Gasteiger partial charge in [-0.15, -0.1) is 0 Å². The first kappa shape index (κ1) is 22.4. The minimum atomic E-state index is -3.94. The standard InChI is InChI=1S/C23H17F2N3O3S2/c24-20-9-6-17(12-21(20)25)26-23(29)27-22-13-18(7-8-19(22)15-10-11-32-14-15)33(30,31)28-16-4-2-1-3-5-16/h1-14,28H,(H2,26,27,29). The summed E-state index contributed by atoms with van der Waals surface area (Å²) >= 11 is 1.44. The van der Waals surface area contributed by atoms with Gasteiger partial charge in [-0.05, 0) is 58.8 Å². The van der Waals surface area contributed by atoms with Gasteiger partial charge in [0, 0.05) is 23.0 Å². The number of carbonyl (C=O) groups is 1. The molecule has 0 unspecified atom stereocenters. The molecule has 0 aliphatic rings. The molecule has 3 aromatic carbocycles. The van der Waals surface area contributed by atoms with Gasteiger partial charge in [-0.2, -0.15) is 11.3 Å². The van der Waals surface area contributed by atoms with Crippen LogP contribution in [0.5, 0.6) is 0 Å². The zero-order valence-corrected chi connectivity index (χ0v) is 18.5. The lowest BCUT2D eigenvalue weighted by molar-refractivity contribution is 0.262. The number of benzene rings is 3. The van der Waals surface area contributed by atoms with E-state index in [9.17, 15) is 22.0 Å². The molecule has 0 spiro atoms. The van der Waals surface area contributed by atoms with Crippen LogP contribution < -0.4 is 15.4 Å². The van der Waals surface area contributed by atoms with Crippen molar-refractivity contribution in [2.24, 2.45) is 0 Å². The van der Waals surface area contributed by atoms with Crippen LogP contribution in [0.4, 0.5) is 30.6 Å². The highest BCUT2D eigenvalue weighted by Gasteiger charge is 2.18. The maximum Gasteiger partial charge on any atom is 0.323 e. The smallest absolute Gasteiger partial charge is 0.308 e. The van der Waals surface area contributed by atoms with E-state index >= 15 is 0 Å². The van der Waals surface area contributed by atoms with Crippen molar-refractivity contribution >= 4 is 44.5 Å². The molecule has 0 bridgehead atoms. The molecule has 4 aromatic rings. The molecule has 4 rings (SSSR count). The highest BCUT2D eigenvalue weighted by molar-refractivity contribution is 7.92. The van der Waals surface area contributed by atoms with Crippen molar-refractivity contribution in [1.29, 1.82) is 0 Å². The first-order valence-corrected chi connectivity index (χ1v) is 12.0. The molecule has 1 aromatic heterocycles. The summed E-state index contributed by atoms with van der Waals surface area (Å²) < 4.78 is 54.8. The van der Waals surface area contributed by atoms with Crippen LogP contribution >= 0.6 is 11.3 Å². The van der Waals surface area contributed by atoms with Crippen LogP contribution in [0.25, 0.3) is 11.1 Å². The summed E-state index contributed by atoms with van der Waals surface area (Å²) in [6.07, 6.45) is 0. The summed E-state index contributed by atoms with van der Waals surface area (Å²) in [5.41, 5.74) is 2.03. The van der Waals surface area contributed by atoms with E-state index in [-0.39, 0.29) is 16.3 Å². The van der Waals surface area contributed by atoms with Gasteiger partial charge >= 0.3 is 6.03 Å². The zero-order chi connectivity index (χ0) is 23.4. The average molecular weight is 486 g/mol. The molecule has 0 saturated heterocycles. The Morgan fingerprint density at radius 2 is 1.61 bits per heavy atom. The van der Waals surface area contributed by atoms with Crippen molar-refractivity contribution in [3.63, 3.8) is 0 Å². The van der Waals surface area contributed by atoms with Crippen LogP contribution in [0.2, 0.25) is 0 Å². The van der Waals surface area contributed by atoms with E-state index < -0.39 is 27.7 Å². The molecule has 2 amide bonds. The number of rotatable bonds is 6. The van der Waals surface area contributed by atoms with Gasteiger partial charge in [0.25, 0.3) is 10.0 Å². The van der Waals surface area contributed by atoms with Gasteiger partial charge in [0.2, 0.25) is 0 Å². The van der Waals surface area contributed by atoms with Crippen LogP contribution in [-0.2, 0) is 10.0 Å². The number of amides is 2. The second-order valence-electron chi connectivity index (χ2n) is 6.90. The summed E-state index contributed by atoms with van der Waals surface area (Å²) in [6, 6.07) is 16.8. The molecule has 1 heterocycles. The van der Waals surface area contributed by atoms with E-state index in [1.165, 1.54) is 29.5 Å². The predicted octanol–water partition coefficient (Wildman–Crippen LogP) is 6.14. The molecule has 6 nitrogen and oxygen atoms in total. The highest BCUT2D eigenvalue weighted by atomic mass is 32.2. The SMILES string of the molecule is O=C(Nc1ccc(F)c(F)c1)Nc1cc(S(=O)(=O)Nc2ccccc2)ccc1-c1ccsc1. The number of anilines is 3. The molecule has 10 heteroatoms. The molecule has 0 radical (unpaired) electrons. The fourth-order valence-corrected chi connectivity index (χ4v) is 4.78. The van der Waals surface area contributed by atoms with Crippen molar-refractivity contribution in [1.82, 2.24) is 0 Å². The number of para-hydroxylation sites is 1. The van der Waals surface area contributed by atoms with Crippen LogP contribution in [0.15, 0.2) is 88.5 Å².